The van der Waals surface area contributed by atoms with Crippen LogP contribution in [0.4, 0.5) is 4.79 Å². The quantitative estimate of drug-likeness (QED) is 0.158. The van der Waals surface area contributed by atoms with Gasteiger partial charge in [0.15, 0.2) is 0 Å². The fourth-order valence-corrected chi connectivity index (χ4v) is 6.21. The fourth-order valence-electron chi connectivity index (χ4n) is 5.28. The van der Waals surface area contributed by atoms with Crippen LogP contribution in [0.25, 0.3) is 11.1 Å². The highest BCUT2D eigenvalue weighted by Crippen LogP contribution is 2.44. The number of alkyl carbamates (subject to hydrolysis) is 1. The van der Waals surface area contributed by atoms with Crippen molar-refractivity contribution in [2.75, 3.05) is 19.8 Å². The average Bonchev–Trinajstić information content (AvgIpc) is 3.32. The van der Waals surface area contributed by atoms with Gasteiger partial charge in [-0.3, -0.25) is 4.79 Å². The van der Waals surface area contributed by atoms with E-state index in [1.165, 1.54) is 18.2 Å². The molecule has 0 saturated heterocycles. The van der Waals surface area contributed by atoms with Crippen LogP contribution in [-0.4, -0.2) is 40.2 Å². The van der Waals surface area contributed by atoms with Gasteiger partial charge in [-0.2, -0.15) is 8.42 Å². The summed E-state index contributed by atoms with van der Waals surface area (Å²) >= 11 is 0. The van der Waals surface area contributed by atoms with Gasteiger partial charge in [-0.1, -0.05) is 78.4 Å². The first-order valence-electron chi connectivity index (χ1n) is 14.1. The van der Waals surface area contributed by atoms with E-state index >= 15 is 0 Å². The molecule has 222 valence electrons. The number of amides is 1. The van der Waals surface area contributed by atoms with E-state index in [0.717, 1.165) is 27.8 Å². The summed E-state index contributed by atoms with van der Waals surface area (Å²) in [6, 6.07) is 29.0. The van der Waals surface area contributed by atoms with Gasteiger partial charge < -0.3 is 19.0 Å². The summed E-state index contributed by atoms with van der Waals surface area (Å²) in [6.07, 6.45) is -0.656. The molecule has 8 nitrogen and oxygen atoms in total. The molecule has 0 aromatic heterocycles. The molecule has 43 heavy (non-hydrogen) atoms. The number of hydrogen-bond donors (Lipinski definition) is 1. The highest BCUT2D eigenvalue weighted by Gasteiger charge is 2.29. The Labute approximate surface area is 251 Å². The first-order valence-corrected chi connectivity index (χ1v) is 15.5. The number of hydrogen-bond acceptors (Lipinski definition) is 7. The number of ether oxygens (including phenoxy) is 2. The molecule has 0 aliphatic heterocycles. The predicted octanol–water partition coefficient (Wildman–Crippen LogP) is 6.34. The van der Waals surface area contributed by atoms with E-state index in [1.54, 1.807) is 37.3 Å². The average molecular weight is 600 g/mol. The molecule has 1 unspecified atom stereocenters. The first-order chi connectivity index (χ1) is 20.7. The molecule has 0 radical (unpaired) electrons. The maximum Gasteiger partial charge on any atom is 0.407 e. The normalized spacial score (nSPS) is 13.0. The Kier molecular flexibility index (Phi) is 9.11. The van der Waals surface area contributed by atoms with E-state index in [1.807, 2.05) is 43.3 Å². The number of benzene rings is 4. The van der Waals surface area contributed by atoms with Crippen molar-refractivity contribution < 1.29 is 31.7 Å². The molecule has 1 aliphatic rings. The van der Waals surface area contributed by atoms with E-state index in [-0.39, 0.29) is 42.7 Å². The minimum Gasteiger partial charge on any atom is -0.466 e. The maximum absolute atomic E-state index is 12.9. The van der Waals surface area contributed by atoms with Crippen LogP contribution in [0.3, 0.4) is 0 Å². The van der Waals surface area contributed by atoms with E-state index in [4.69, 9.17) is 13.7 Å². The molecule has 1 atom stereocenters. The van der Waals surface area contributed by atoms with Gasteiger partial charge in [0.2, 0.25) is 0 Å². The van der Waals surface area contributed by atoms with Crippen LogP contribution < -0.4 is 9.50 Å². The predicted molar refractivity (Wildman–Crippen MR) is 162 cm³/mol. The van der Waals surface area contributed by atoms with Crippen molar-refractivity contribution in [2.45, 2.75) is 37.0 Å². The topological polar surface area (TPSA) is 108 Å². The van der Waals surface area contributed by atoms with Crippen molar-refractivity contribution in [3.8, 4) is 16.9 Å². The second-order valence-electron chi connectivity index (χ2n) is 10.3. The van der Waals surface area contributed by atoms with Crippen molar-refractivity contribution >= 4 is 22.2 Å². The summed E-state index contributed by atoms with van der Waals surface area (Å²) < 4.78 is 41.9. The molecule has 1 aliphatic carbocycles. The highest BCUT2D eigenvalue weighted by atomic mass is 32.2. The van der Waals surface area contributed by atoms with Crippen LogP contribution in [0.15, 0.2) is 102 Å². The summed E-state index contributed by atoms with van der Waals surface area (Å²) in [4.78, 5) is 25.3. The summed E-state index contributed by atoms with van der Waals surface area (Å²) in [5.74, 6) is -0.962. The number of aryl methyl sites for hydroxylation is 1. The molecule has 1 amide bonds. The van der Waals surface area contributed by atoms with Gasteiger partial charge in [0.1, 0.15) is 17.3 Å². The van der Waals surface area contributed by atoms with Gasteiger partial charge in [0.25, 0.3) is 0 Å². The summed E-state index contributed by atoms with van der Waals surface area (Å²) in [7, 11) is -4.07. The van der Waals surface area contributed by atoms with Gasteiger partial charge in [-0.25, -0.2) is 4.79 Å². The molecule has 4 aromatic rings. The molecule has 5 rings (SSSR count). The summed E-state index contributed by atoms with van der Waals surface area (Å²) in [6.45, 7) is 4.00. The number of nitrogens with one attached hydrogen (secondary N) is 1. The zero-order valence-corrected chi connectivity index (χ0v) is 24.8. The van der Waals surface area contributed by atoms with E-state index in [9.17, 15) is 18.0 Å². The van der Waals surface area contributed by atoms with Gasteiger partial charge in [0.05, 0.1) is 13.0 Å². The Hall–Kier alpha value is -4.63. The van der Waals surface area contributed by atoms with Gasteiger partial charge in [-0.05, 0) is 65.9 Å². The summed E-state index contributed by atoms with van der Waals surface area (Å²) in [5, 5.41) is 2.77. The molecule has 0 bridgehead atoms. The number of esters is 1. The molecule has 0 saturated carbocycles. The largest absolute Gasteiger partial charge is 0.466 e. The molecule has 0 heterocycles. The second kappa shape index (κ2) is 13.1. The van der Waals surface area contributed by atoms with Gasteiger partial charge >= 0.3 is 22.2 Å². The Morgan fingerprint density at radius 1 is 0.837 bits per heavy atom. The Morgan fingerprint density at radius 3 is 2.14 bits per heavy atom. The third kappa shape index (κ3) is 7.06. The fraction of sp³-hybridized carbons (Fsp3) is 0.235. The van der Waals surface area contributed by atoms with E-state index in [0.29, 0.717) is 5.56 Å². The first kappa shape index (κ1) is 29.8. The van der Waals surface area contributed by atoms with Crippen LogP contribution in [0.2, 0.25) is 0 Å². The highest BCUT2D eigenvalue weighted by molar-refractivity contribution is 7.87. The lowest BCUT2D eigenvalue weighted by Gasteiger charge is -2.19. The molecule has 9 heteroatoms. The van der Waals surface area contributed by atoms with Crippen LogP contribution in [0.1, 0.15) is 47.4 Å². The van der Waals surface area contributed by atoms with Crippen LogP contribution in [0.5, 0.6) is 5.75 Å². The number of rotatable bonds is 11. The van der Waals surface area contributed by atoms with Crippen molar-refractivity contribution in [1.29, 1.82) is 0 Å². The maximum atomic E-state index is 12.9. The van der Waals surface area contributed by atoms with Crippen LogP contribution in [0, 0.1) is 6.92 Å². The molecule has 0 fully saturated rings. The molecular weight excluding hydrogens is 566 g/mol. The third-order valence-electron chi connectivity index (χ3n) is 7.40. The number of carbonyl (C=O) groups excluding carboxylic acids is 2. The van der Waals surface area contributed by atoms with Crippen molar-refractivity contribution in [3.63, 3.8) is 0 Å². The monoisotopic (exact) mass is 599 g/mol. The second-order valence-corrected chi connectivity index (χ2v) is 11.9. The SMILES string of the molecule is CCOC(=O)CC(CNC(=O)OCC1c2ccccc2-c2ccccc21)c1cccc(OS(=O)(=O)c2ccc(C)cc2)c1. The zero-order chi connectivity index (χ0) is 30.4. The van der Waals surface area contributed by atoms with E-state index in [2.05, 4.69) is 17.4 Å². The molecule has 4 aromatic carbocycles. The third-order valence-corrected chi connectivity index (χ3v) is 8.66. The van der Waals surface area contributed by atoms with Crippen molar-refractivity contribution in [1.82, 2.24) is 5.32 Å². The lowest BCUT2D eigenvalue weighted by molar-refractivity contribution is -0.143. The lowest BCUT2D eigenvalue weighted by Crippen LogP contribution is -2.31. The van der Waals surface area contributed by atoms with Crippen LogP contribution >= 0.6 is 0 Å². The van der Waals surface area contributed by atoms with Gasteiger partial charge in [0, 0.05) is 18.4 Å². The zero-order valence-electron chi connectivity index (χ0n) is 24.0. The Balaban J connectivity index is 1.27. The van der Waals surface area contributed by atoms with Gasteiger partial charge in [-0.15, -0.1) is 0 Å². The standard InChI is InChI=1S/C34H33NO7S/c1-3-40-33(36)20-25(24-9-8-10-26(19-24)42-43(38,39)27-17-15-23(2)16-18-27)21-35-34(37)41-22-32-30-13-6-4-11-28(30)29-12-5-7-14-31(29)32/h4-19,25,32H,3,20-22H2,1-2H3,(H,35,37). The van der Waals surface area contributed by atoms with Crippen molar-refractivity contribution in [3.05, 3.63) is 119 Å². The van der Waals surface area contributed by atoms with Crippen molar-refractivity contribution in [2.24, 2.45) is 0 Å². The lowest BCUT2D eigenvalue weighted by atomic mass is 9.95. The Morgan fingerprint density at radius 2 is 1.49 bits per heavy atom. The smallest absolute Gasteiger partial charge is 0.407 e. The molecule has 1 N–H and O–H groups in total. The summed E-state index contributed by atoms with van der Waals surface area (Å²) in [5.41, 5.74) is 6.00. The number of carbonyl (C=O) groups is 2. The van der Waals surface area contributed by atoms with Crippen LogP contribution in [-0.2, 0) is 24.4 Å². The molecular formula is C34H33NO7S. The number of fused-ring (bicyclic) bond motifs is 3. The Bertz CT molecular complexity index is 1670. The molecule has 0 spiro atoms. The van der Waals surface area contributed by atoms with E-state index < -0.39 is 28.1 Å². The minimum absolute atomic E-state index is 0.0310. The minimum atomic E-state index is -4.07.